The van der Waals surface area contributed by atoms with E-state index in [0.29, 0.717) is 11.3 Å². The van der Waals surface area contributed by atoms with Crippen LogP contribution in [0.2, 0.25) is 0 Å². The molecule has 1 amide bonds. The maximum Gasteiger partial charge on any atom is 0.261 e. The van der Waals surface area contributed by atoms with Gasteiger partial charge in [0.1, 0.15) is 17.2 Å². The highest BCUT2D eigenvalue weighted by Crippen LogP contribution is 2.19. The Kier molecular flexibility index (Phi) is 4.10. The van der Waals surface area contributed by atoms with Gasteiger partial charge >= 0.3 is 0 Å². The number of halogens is 2. The van der Waals surface area contributed by atoms with E-state index in [0.717, 1.165) is 12.1 Å². The van der Waals surface area contributed by atoms with Gasteiger partial charge in [-0.25, -0.2) is 8.78 Å². The predicted molar refractivity (Wildman–Crippen MR) is 71.4 cm³/mol. The van der Waals surface area contributed by atoms with Crippen molar-refractivity contribution in [1.29, 1.82) is 0 Å². The molecule has 2 N–H and O–H groups in total. The van der Waals surface area contributed by atoms with Gasteiger partial charge in [-0.3, -0.25) is 4.79 Å². The van der Waals surface area contributed by atoms with E-state index in [1.165, 1.54) is 6.07 Å². The highest BCUT2D eigenvalue weighted by molar-refractivity contribution is 6.04. The molecule has 2 rings (SSSR count). The highest BCUT2D eigenvalue weighted by atomic mass is 19.1. The SMILES string of the molecule is CC(O)c1cccc(NC(=O)c2c(F)cccc2F)c1. The van der Waals surface area contributed by atoms with Gasteiger partial charge in [0.05, 0.1) is 6.10 Å². The Labute approximate surface area is 114 Å². The molecule has 0 bridgehead atoms. The summed E-state index contributed by atoms with van der Waals surface area (Å²) in [7, 11) is 0. The molecule has 104 valence electrons. The van der Waals surface area contributed by atoms with E-state index in [-0.39, 0.29) is 0 Å². The van der Waals surface area contributed by atoms with Crippen LogP contribution in [0.25, 0.3) is 0 Å². The Morgan fingerprint density at radius 1 is 1.15 bits per heavy atom. The molecule has 0 aliphatic rings. The van der Waals surface area contributed by atoms with Crippen LogP contribution in [0.3, 0.4) is 0 Å². The normalized spacial score (nSPS) is 12.0. The van der Waals surface area contributed by atoms with E-state index in [1.54, 1.807) is 31.2 Å². The monoisotopic (exact) mass is 277 g/mol. The average Bonchev–Trinajstić information content (AvgIpc) is 2.38. The molecule has 20 heavy (non-hydrogen) atoms. The lowest BCUT2D eigenvalue weighted by Gasteiger charge is -2.10. The Balaban J connectivity index is 2.26. The molecule has 0 aliphatic carbocycles. The van der Waals surface area contributed by atoms with Gasteiger partial charge in [-0.05, 0) is 36.8 Å². The number of aliphatic hydroxyl groups is 1. The molecular formula is C15H13F2NO2. The van der Waals surface area contributed by atoms with Gasteiger partial charge in [0.15, 0.2) is 0 Å². The van der Waals surface area contributed by atoms with E-state index in [4.69, 9.17) is 0 Å². The number of carbonyl (C=O) groups is 1. The van der Waals surface area contributed by atoms with E-state index in [2.05, 4.69) is 5.32 Å². The summed E-state index contributed by atoms with van der Waals surface area (Å²) in [5, 5.41) is 11.9. The predicted octanol–water partition coefficient (Wildman–Crippen LogP) is 3.27. The summed E-state index contributed by atoms with van der Waals surface area (Å²) in [6, 6.07) is 9.66. The Morgan fingerprint density at radius 2 is 1.75 bits per heavy atom. The first-order valence-electron chi connectivity index (χ1n) is 6.02. The zero-order chi connectivity index (χ0) is 14.7. The molecule has 0 heterocycles. The third-order valence-electron chi connectivity index (χ3n) is 2.82. The van der Waals surface area contributed by atoms with Crippen LogP contribution in [0, 0.1) is 11.6 Å². The summed E-state index contributed by atoms with van der Waals surface area (Å²) in [5.74, 6) is -2.72. The van der Waals surface area contributed by atoms with Gasteiger partial charge in [0.25, 0.3) is 5.91 Å². The van der Waals surface area contributed by atoms with Crippen molar-refractivity contribution >= 4 is 11.6 Å². The van der Waals surface area contributed by atoms with Crippen LogP contribution in [0.4, 0.5) is 14.5 Å². The topological polar surface area (TPSA) is 49.3 Å². The van der Waals surface area contributed by atoms with Gasteiger partial charge in [-0.15, -0.1) is 0 Å². The largest absolute Gasteiger partial charge is 0.389 e. The quantitative estimate of drug-likeness (QED) is 0.904. The Bertz CT molecular complexity index is 621. The first-order valence-corrected chi connectivity index (χ1v) is 6.02. The smallest absolute Gasteiger partial charge is 0.261 e. The van der Waals surface area contributed by atoms with Crippen LogP contribution in [0.15, 0.2) is 42.5 Å². The van der Waals surface area contributed by atoms with Crippen molar-refractivity contribution < 1.29 is 18.7 Å². The second-order valence-electron chi connectivity index (χ2n) is 4.35. The third-order valence-corrected chi connectivity index (χ3v) is 2.82. The number of benzene rings is 2. The Hall–Kier alpha value is -2.27. The maximum absolute atomic E-state index is 13.5. The molecule has 0 aliphatic heterocycles. The van der Waals surface area contributed by atoms with E-state index < -0.39 is 29.2 Å². The maximum atomic E-state index is 13.5. The molecule has 2 aromatic rings. The van der Waals surface area contributed by atoms with Crippen molar-refractivity contribution in [2.75, 3.05) is 5.32 Å². The van der Waals surface area contributed by atoms with E-state index in [9.17, 15) is 18.7 Å². The minimum atomic E-state index is -0.922. The second kappa shape index (κ2) is 5.79. The standard InChI is InChI=1S/C15H13F2NO2/c1-9(19)10-4-2-5-11(8-10)18-15(20)14-12(16)6-3-7-13(14)17/h2-9,19H,1H3,(H,18,20). The number of aliphatic hydroxyl groups excluding tert-OH is 1. The van der Waals surface area contributed by atoms with Crippen molar-refractivity contribution in [3.05, 3.63) is 65.2 Å². The van der Waals surface area contributed by atoms with Crippen molar-refractivity contribution in [1.82, 2.24) is 0 Å². The van der Waals surface area contributed by atoms with Crippen molar-refractivity contribution in [2.24, 2.45) is 0 Å². The minimum Gasteiger partial charge on any atom is -0.389 e. The van der Waals surface area contributed by atoms with Crippen molar-refractivity contribution in [2.45, 2.75) is 13.0 Å². The molecule has 0 spiro atoms. The molecule has 0 fully saturated rings. The fourth-order valence-corrected chi connectivity index (χ4v) is 1.78. The van der Waals surface area contributed by atoms with Gasteiger partial charge < -0.3 is 10.4 Å². The fourth-order valence-electron chi connectivity index (χ4n) is 1.78. The lowest BCUT2D eigenvalue weighted by Crippen LogP contribution is -2.16. The van der Waals surface area contributed by atoms with Crippen LogP contribution in [0.1, 0.15) is 28.9 Å². The zero-order valence-electron chi connectivity index (χ0n) is 10.7. The van der Waals surface area contributed by atoms with Crippen LogP contribution < -0.4 is 5.32 Å². The van der Waals surface area contributed by atoms with Crippen LogP contribution in [-0.2, 0) is 0 Å². The molecule has 3 nitrogen and oxygen atoms in total. The Morgan fingerprint density at radius 3 is 2.35 bits per heavy atom. The van der Waals surface area contributed by atoms with E-state index in [1.807, 2.05) is 0 Å². The molecule has 0 saturated carbocycles. The van der Waals surface area contributed by atoms with Gasteiger partial charge in [0.2, 0.25) is 0 Å². The average molecular weight is 277 g/mol. The summed E-state index contributed by atoms with van der Waals surface area (Å²) < 4.78 is 26.9. The number of carbonyl (C=O) groups excluding carboxylic acids is 1. The number of amides is 1. The summed E-state index contributed by atoms with van der Waals surface area (Å²) in [6.07, 6.45) is -0.697. The van der Waals surface area contributed by atoms with E-state index >= 15 is 0 Å². The molecule has 1 atom stereocenters. The van der Waals surface area contributed by atoms with Gasteiger partial charge in [-0.2, -0.15) is 0 Å². The summed E-state index contributed by atoms with van der Waals surface area (Å²) in [6.45, 7) is 1.58. The highest BCUT2D eigenvalue weighted by Gasteiger charge is 2.17. The molecule has 1 unspecified atom stereocenters. The fraction of sp³-hybridized carbons (Fsp3) is 0.133. The first kappa shape index (κ1) is 14.1. The molecule has 2 aromatic carbocycles. The summed E-state index contributed by atoms with van der Waals surface area (Å²) in [4.78, 5) is 11.9. The van der Waals surface area contributed by atoms with Crippen molar-refractivity contribution in [3.8, 4) is 0 Å². The lowest BCUT2D eigenvalue weighted by molar-refractivity contribution is 0.101. The minimum absolute atomic E-state index is 0.357. The number of nitrogens with one attached hydrogen (secondary N) is 1. The lowest BCUT2D eigenvalue weighted by atomic mass is 10.1. The van der Waals surface area contributed by atoms with Gasteiger partial charge in [-0.1, -0.05) is 18.2 Å². The van der Waals surface area contributed by atoms with Gasteiger partial charge in [0, 0.05) is 5.69 Å². The third kappa shape index (κ3) is 3.00. The molecule has 0 saturated heterocycles. The zero-order valence-corrected chi connectivity index (χ0v) is 10.7. The summed E-state index contributed by atoms with van der Waals surface area (Å²) in [5.41, 5.74) is 0.322. The number of hydrogen-bond donors (Lipinski definition) is 2. The number of rotatable bonds is 3. The molecule has 5 heteroatoms. The molecule has 0 radical (unpaired) electrons. The van der Waals surface area contributed by atoms with Crippen LogP contribution in [0.5, 0.6) is 0 Å². The van der Waals surface area contributed by atoms with Crippen LogP contribution >= 0.6 is 0 Å². The number of anilines is 1. The molecular weight excluding hydrogens is 264 g/mol. The van der Waals surface area contributed by atoms with Crippen molar-refractivity contribution in [3.63, 3.8) is 0 Å². The van der Waals surface area contributed by atoms with Crippen LogP contribution in [-0.4, -0.2) is 11.0 Å². The second-order valence-corrected chi connectivity index (χ2v) is 4.35. The first-order chi connectivity index (χ1) is 9.49. The molecule has 0 aromatic heterocycles. The summed E-state index contributed by atoms with van der Waals surface area (Å²) >= 11 is 0. The number of hydrogen-bond acceptors (Lipinski definition) is 2.